The maximum Gasteiger partial charge on any atom is 0.255 e. The van der Waals surface area contributed by atoms with Crippen molar-refractivity contribution in [3.63, 3.8) is 0 Å². The van der Waals surface area contributed by atoms with E-state index in [1.54, 1.807) is 30.3 Å². The van der Waals surface area contributed by atoms with Gasteiger partial charge >= 0.3 is 0 Å². The second-order valence-electron chi connectivity index (χ2n) is 3.68. The molecule has 0 unspecified atom stereocenters. The molecular weight excluding hydrogens is 252 g/mol. The highest BCUT2D eigenvalue weighted by Crippen LogP contribution is 2.13. The Labute approximate surface area is 109 Å². The highest BCUT2D eigenvalue weighted by atomic mass is 35.5. The zero-order chi connectivity index (χ0) is 13.0. The molecule has 0 radical (unpaired) electrons. The molecule has 0 fully saturated rings. The molecule has 5 heteroatoms. The van der Waals surface area contributed by atoms with Crippen molar-refractivity contribution in [3.05, 3.63) is 58.9 Å². The van der Waals surface area contributed by atoms with Gasteiger partial charge in [0, 0.05) is 17.4 Å². The monoisotopic (exact) mass is 262 g/mol. The SMILES string of the molecule is O=C(Nc1cccc(CO)c1)c1ccnc(Cl)c1. The van der Waals surface area contributed by atoms with Crippen molar-refractivity contribution in [2.24, 2.45) is 0 Å². The molecule has 0 saturated heterocycles. The number of rotatable bonds is 3. The number of hydrogen-bond acceptors (Lipinski definition) is 3. The summed E-state index contributed by atoms with van der Waals surface area (Å²) in [5.41, 5.74) is 1.80. The van der Waals surface area contributed by atoms with Crippen LogP contribution in [0.4, 0.5) is 5.69 Å². The number of halogens is 1. The summed E-state index contributed by atoms with van der Waals surface area (Å²) in [4.78, 5) is 15.7. The normalized spacial score (nSPS) is 10.1. The standard InChI is InChI=1S/C13H11ClN2O2/c14-12-7-10(4-5-15-12)13(18)16-11-3-1-2-9(6-11)8-17/h1-7,17H,8H2,(H,16,18). The van der Waals surface area contributed by atoms with Crippen LogP contribution in [0, 0.1) is 0 Å². The zero-order valence-electron chi connectivity index (χ0n) is 9.43. The number of amides is 1. The molecule has 0 spiro atoms. The third-order valence-corrected chi connectivity index (χ3v) is 2.56. The molecule has 2 N–H and O–H groups in total. The van der Waals surface area contributed by atoms with Crippen molar-refractivity contribution in [3.8, 4) is 0 Å². The maximum atomic E-state index is 11.9. The van der Waals surface area contributed by atoms with Gasteiger partial charge in [0.15, 0.2) is 0 Å². The molecule has 0 atom stereocenters. The quantitative estimate of drug-likeness (QED) is 0.836. The number of nitrogens with one attached hydrogen (secondary N) is 1. The van der Waals surface area contributed by atoms with Crippen LogP contribution in [0.5, 0.6) is 0 Å². The fourth-order valence-corrected chi connectivity index (χ4v) is 1.67. The number of carbonyl (C=O) groups excluding carboxylic acids is 1. The molecule has 1 aromatic carbocycles. The Morgan fingerprint density at radius 2 is 2.17 bits per heavy atom. The van der Waals surface area contributed by atoms with Crippen LogP contribution in [-0.4, -0.2) is 16.0 Å². The molecule has 0 bridgehead atoms. The lowest BCUT2D eigenvalue weighted by atomic mass is 10.2. The lowest BCUT2D eigenvalue weighted by molar-refractivity contribution is 0.102. The zero-order valence-corrected chi connectivity index (χ0v) is 10.2. The number of aliphatic hydroxyl groups is 1. The summed E-state index contributed by atoms with van der Waals surface area (Å²) in [6.45, 7) is -0.0647. The Balaban J connectivity index is 2.16. The summed E-state index contributed by atoms with van der Waals surface area (Å²) in [5.74, 6) is -0.269. The number of pyridine rings is 1. The second kappa shape index (κ2) is 5.62. The first kappa shape index (κ1) is 12.5. The van der Waals surface area contributed by atoms with Crippen molar-refractivity contribution in [1.29, 1.82) is 0 Å². The molecule has 0 aliphatic rings. The van der Waals surface area contributed by atoms with Crippen molar-refractivity contribution < 1.29 is 9.90 Å². The minimum Gasteiger partial charge on any atom is -0.392 e. The van der Waals surface area contributed by atoms with Crippen molar-refractivity contribution in [2.75, 3.05) is 5.32 Å². The molecule has 4 nitrogen and oxygen atoms in total. The smallest absolute Gasteiger partial charge is 0.255 e. The van der Waals surface area contributed by atoms with Crippen LogP contribution in [0.25, 0.3) is 0 Å². The molecule has 1 aromatic heterocycles. The highest BCUT2D eigenvalue weighted by molar-refractivity contribution is 6.29. The molecule has 2 aromatic rings. The number of benzene rings is 1. The van der Waals surface area contributed by atoms with Gasteiger partial charge in [0.2, 0.25) is 0 Å². The Morgan fingerprint density at radius 1 is 1.33 bits per heavy atom. The van der Waals surface area contributed by atoms with Crippen molar-refractivity contribution >= 4 is 23.2 Å². The first-order valence-electron chi connectivity index (χ1n) is 5.32. The average molecular weight is 263 g/mol. The van der Waals surface area contributed by atoms with Crippen LogP contribution in [0.15, 0.2) is 42.6 Å². The van der Waals surface area contributed by atoms with E-state index in [1.165, 1.54) is 12.3 Å². The van der Waals surface area contributed by atoms with Crippen LogP contribution in [-0.2, 0) is 6.61 Å². The predicted molar refractivity (Wildman–Crippen MR) is 69.6 cm³/mol. The van der Waals surface area contributed by atoms with Crippen LogP contribution in [0.3, 0.4) is 0 Å². The Bertz CT molecular complexity index is 572. The number of carbonyl (C=O) groups is 1. The molecule has 0 saturated carbocycles. The Hall–Kier alpha value is -1.91. The predicted octanol–water partition coefficient (Wildman–Crippen LogP) is 2.48. The van der Waals surface area contributed by atoms with Gasteiger partial charge in [-0.15, -0.1) is 0 Å². The summed E-state index contributed by atoms with van der Waals surface area (Å²) in [6, 6.07) is 10.1. The highest BCUT2D eigenvalue weighted by Gasteiger charge is 2.07. The summed E-state index contributed by atoms with van der Waals surface area (Å²) < 4.78 is 0. The van der Waals surface area contributed by atoms with Crippen molar-refractivity contribution in [1.82, 2.24) is 4.98 Å². The molecule has 0 aliphatic heterocycles. The Kier molecular flexibility index (Phi) is 3.92. The third-order valence-electron chi connectivity index (χ3n) is 2.36. The fraction of sp³-hybridized carbons (Fsp3) is 0.0769. The summed E-state index contributed by atoms with van der Waals surface area (Å²) >= 11 is 5.72. The lowest BCUT2D eigenvalue weighted by Crippen LogP contribution is -2.12. The number of nitrogens with zero attached hydrogens (tertiary/aromatic N) is 1. The van der Waals surface area contributed by atoms with Gasteiger partial charge in [-0.2, -0.15) is 0 Å². The van der Waals surface area contributed by atoms with E-state index in [1.807, 2.05) is 0 Å². The molecular formula is C13H11ClN2O2. The van der Waals surface area contributed by atoms with Crippen LogP contribution in [0.1, 0.15) is 15.9 Å². The van der Waals surface area contributed by atoms with Gasteiger partial charge in [0.05, 0.1) is 6.61 Å². The van der Waals surface area contributed by atoms with E-state index in [0.717, 1.165) is 5.56 Å². The third kappa shape index (κ3) is 3.06. The lowest BCUT2D eigenvalue weighted by Gasteiger charge is -2.06. The number of anilines is 1. The average Bonchev–Trinajstić information content (AvgIpc) is 2.39. The van der Waals surface area contributed by atoms with E-state index < -0.39 is 0 Å². The first-order chi connectivity index (χ1) is 8.69. The molecule has 1 heterocycles. The largest absolute Gasteiger partial charge is 0.392 e. The van der Waals surface area contributed by atoms with Crippen molar-refractivity contribution in [2.45, 2.75) is 6.61 Å². The van der Waals surface area contributed by atoms with Crippen LogP contribution >= 0.6 is 11.6 Å². The number of hydrogen-bond donors (Lipinski definition) is 2. The van der Waals surface area contributed by atoms with Crippen LogP contribution < -0.4 is 5.32 Å². The van der Waals surface area contributed by atoms with E-state index in [4.69, 9.17) is 16.7 Å². The molecule has 2 rings (SSSR count). The van der Waals surface area contributed by atoms with Gasteiger partial charge in [-0.3, -0.25) is 4.79 Å². The minimum absolute atomic E-state index is 0.0647. The van der Waals surface area contributed by atoms with Gasteiger partial charge in [0.1, 0.15) is 5.15 Å². The van der Waals surface area contributed by atoms with Gasteiger partial charge in [-0.1, -0.05) is 23.7 Å². The van der Waals surface area contributed by atoms with Gasteiger partial charge in [-0.05, 0) is 29.8 Å². The summed E-state index contributed by atoms with van der Waals surface area (Å²) in [6.07, 6.45) is 1.47. The molecule has 18 heavy (non-hydrogen) atoms. The van der Waals surface area contributed by atoms with E-state index in [-0.39, 0.29) is 17.7 Å². The number of aromatic nitrogens is 1. The van der Waals surface area contributed by atoms with Gasteiger partial charge in [0.25, 0.3) is 5.91 Å². The van der Waals surface area contributed by atoms with E-state index in [0.29, 0.717) is 11.3 Å². The van der Waals surface area contributed by atoms with E-state index in [2.05, 4.69) is 10.3 Å². The van der Waals surface area contributed by atoms with Gasteiger partial charge in [-0.25, -0.2) is 4.98 Å². The summed E-state index contributed by atoms with van der Waals surface area (Å²) in [7, 11) is 0. The molecule has 0 aliphatic carbocycles. The van der Waals surface area contributed by atoms with E-state index >= 15 is 0 Å². The molecule has 1 amide bonds. The molecule has 92 valence electrons. The first-order valence-corrected chi connectivity index (χ1v) is 5.69. The fourth-order valence-electron chi connectivity index (χ4n) is 1.49. The summed E-state index contributed by atoms with van der Waals surface area (Å²) in [5, 5.41) is 12.0. The minimum atomic E-state index is -0.269. The topological polar surface area (TPSA) is 62.2 Å². The van der Waals surface area contributed by atoms with Gasteiger partial charge < -0.3 is 10.4 Å². The second-order valence-corrected chi connectivity index (χ2v) is 4.07. The Morgan fingerprint density at radius 3 is 2.89 bits per heavy atom. The number of aliphatic hydroxyl groups excluding tert-OH is 1. The van der Waals surface area contributed by atoms with E-state index in [9.17, 15) is 4.79 Å². The maximum absolute atomic E-state index is 11.9. The van der Waals surface area contributed by atoms with Crippen LogP contribution in [0.2, 0.25) is 5.15 Å².